The molecule has 0 unspecified atom stereocenters. The molecular formula is C25H29N5O2. The molecule has 2 aliphatic rings. The molecule has 2 heterocycles. The van der Waals surface area contributed by atoms with Gasteiger partial charge in [0.05, 0.1) is 13.7 Å². The molecule has 1 aromatic carbocycles. The molecular weight excluding hydrogens is 402 g/mol. The Labute approximate surface area is 189 Å². The minimum absolute atomic E-state index is 0.0612. The van der Waals surface area contributed by atoms with E-state index in [2.05, 4.69) is 16.6 Å². The van der Waals surface area contributed by atoms with Crippen LogP contribution < -0.4 is 14.5 Å². The number of carbonyl (C=O) groups is 1. The number of aromatic nitrogens is 2. The predicted octanol–water partition coefficient (Wildman–Crippen LogP) is 3.83. The highest BCUT2D eigenvalue weighted by Crippen LogP contribution is 2.32. The minimum atomic E-state index is 0.0612. The van der Waals surface area contributed by atoms with Crippen molar-refractivity contribution in [1.82, 2.24) is 9.97 Å². The Morgan fingerprint density at radius 2 is 1.97 bits per heavy atom. The van der Waals surface area contributed by atoms with Crippen LogP contribution in [0.2, 0.25) is 0 Å². The maximum absolute atomic E-state index is 13.2. The van der Waals surface area contributed by atoms with Crippen LogP contribution in [-0.4, -0.2) is 49.3 Å². The highest BCUT2D eigenvalue weighted by Gasteiger charge is 2.28. The fourth-order valence-corrected chi connectivity index (χ4v) is 4.26. The highest BCUT2D eigenvalue weighted by molar-refractivity contribution is 5.97. The SMILES string of the molecule is C=N/C(=C\C=C/C)c1nc2c(c(N3CCCN(c4ccc(OC)cc4)C(=O)C3)n1)CCC2. The fourth-order valence-electron chi connectivity index (χ4n) is 4.26. The third-order valence-corrected chi connectivity index (χ3v) is 5.88. The van der Waals surface area contributed by atoms with E-state index in [-0.39, 0.29) is 12.5 Å². The molecule has 0 atom stereocenters. The van der Waals surface area contributed by atoms with Gasteiger partial charge in [-0.25, -0.2) is 9.97 Å². The van der Waals surface area contributed by atoms with E-state index in [0.717, 1.165) is 60.7 Å². The number of ether oxygens (including phenoxy) is 1. The molecule has 7 heteroatoms. The molecule has 166 valence electrons. The van der Waals surface area contributed by atoms with E-state index in [1.165, 1.54) is 0 Å². The molecule has 0 bridgehead atoms. The lowest BCUT2D eigenvalue weighted by Gasteiger charge is -2.24. The molecule has 0 radical (unpaired) electrons. The molecule has 7 nitrogen and oxygen atoms in total. The summed E-state index contributed by atoms with van der Waals surface area (Å²) >= 11 is 0. The van der Waals surface area contributed by atoms with Crippen LogP contribution in [0, 0.1) is 0 Å². The quantitative estimate of drug-likeness (QED) is 0.513. The van der Waals surface area contributed by atoms with E-state index in [4.69, 9.17) is 14.7 Å². The first-order chi connectivity index (χ1) is 15.6. The summed E-state index contributed by atoms with van der Waals surface area (Å²) < 4.78 is 5.24. The lowest BCUT2D eigenvalue weighted by molar-refractivity contribution is -0.117. The van der Waals surface area contributed by atoms with Gasteiger partial charge in [0.1, 0.15) is 17.3 Å². The first-order valence-corrected chi connectivity index (χ1v) is 11.0. The summed E-state index contributed by atoms with van der Waals surface area (Å²) in [4.78, 5) is 31.0. The van der Waals surface area contributed by atoms with Crippen molar-refractivity contribution in [2.45, 2.75) is 32.6 Å². The van der Waals surface area contributed by atoms with Crippen molar-refractivity contribution in [2.24, 2.45) is 4.99 Å². The van der Waals surface area contributed by atoms with Gasteiger partial charge in [-0.15, -0.1) is 0 Å². The Morgan fingerprint density at radius 3 is 2.69 bits per heavy atom. The number of amides is 1. The molecule has 0 N–H and O–H groups in total. The molecule has 1 amide bonds. The van der Waals surface area contributed by atoms with Gasteiger partial charge >= 0.3 is 0 Å². The second-order valence-electron chi connectivity index (χ2n) is 7.90. The van der Waals surface area contributed by atoms with Crippen LogP contribution in [0.15, 0.2) is 47.5 Å². The van der Waals surface area contributed by atoms with E-state index in [1.807, 2.05) is 54.3 Å². The second-order valence-corrected chi connectivity index (χ2v) is 7.90. The van der Waals surface area contributed by atoms with Gasteiger partial charge in [-0.05, 0) is 69.7 Å². The summed E-state index contributed by atoms with van der Waals surface area (Å²) in [6.45, 7) is 7.35. The monoisotopic (exact) mass is 431 g/mol. The average Bonchev–Trinajstić information content (AvgIpc) is 3.21. The van der Waals surface area contributed by atoms with Gasteiger partial charge in [-0.1, -0.05) is 12.2 Å². The van der Waals surface area contributed by atoms with Crippen LogP contribution in [0.3, 0.4) is 0 Å². The molecule has 0 spiro atoms. The maximum Gasteiger partial charge on any atom is 0.246 e. The number of carbonyl (C=O) groups excluding carboxylic acids is 1. The molecule has 0 saturated carbocycles. The lowest BCUT2D eigenvalue weighted by atomic mass is 10.2. The molecule has 1 aromatic heterocycles. The van der Waals surface area contributed by atoms with Crippen LogP contribution in [0.25, 0.3) is 5.70 Å². The molecule has 4 rings (SSSR count). The Morgan fingerprint density at radius 1 is 1.16 bits per heavy atom. The molecule has 2 aromatic rings. The Balaban J connectivity index is 1.64. The van der Waals surface area contributed by atoms with Gasteiger partial charge in [0.25, 0.3) is 0 Å². The summed E-state index contributed by atoms with van der Waals surface area (Å²) in [6.07, 6.45) is 9.47. The summed E-state index contributed by atoms with van der Waals surface area (Å²) in [5.74, 6) is 2.27. The first kappa shape index (κ1) is 21.7. The number of methoxy groups -OCH3 is 1. The van der Waals surface area contributed by atoms with Crippen molar-refractivity contribution >= 4 is 29.8 Å². The average molecular weight is 432 g/mol. The van der Waals surface area contributed by atoms with Crippen molar-refractivity contribution in [3.05, 3.63) is 59.6 Å². The number of rotatable bonds is 6. The smallest absolute Gasteiger partial charge is 0.246 e. The number of fused-ring (bicyclic) bond motifs is 1. The first-order valence-electron chi connectivity index (χ1n) is 11.0. The molecule has 32 heavy (non-hydrogen) atoms. The summed E-state index contributed by atoms with van der Waals surface area (Å²) in [6, 6.07) is 7.63. The maximum atomic E-state index is 13.2. The molecule has 1 aliphatic heterocycles. The van der Waals surface area contributed by atoms with Crippen molar-refractivity contribution in [3.63, 3.8) is 0 Å². The number of hydrogen-bond donors (Lipinski definition) is 0. The van der Waals surface area contributed by atoms with E-state index >= 15 is 0 Å². The Hall–Kier alpha value is -3.48. The van der Waals surface area contributed by atoms with E-state index < -0.39 is 0 Å². The van der Waals surface area contributed by atoms with Crippen molar-refractivity contribution in [3.8, 4) is 5.75 Å². The summed E-state index contributed by atoms with van der Waals surface area (Å²) in [7, 11) is 1.64. The fraction of sp³-hybridized carbons (Fsp3) is 0.360. The molecule has 1 fully saturated rings. The van der Waals surface area contributed by atoms with Gasteiger partial charge in [0.2, 0.25) is 5.91 Å². The standard InChI is InChI=1S/C25H29N5O2/c1-4-5-9-22(26-2)24-27-21-10-6-8-20(21)25(28-24)29-15-7-16-30(23(31)17-29)18-11-13-19(32-3)14-12-18/h4-5,9,11-14H,2,6-8,10,15-17H2,1,3H3/b5-4-,22-9-. The largest absolute Gasteiger partial charge is 0.497 e. The summed E-state index contributed by atoms with van der Waals surface area (Å²) in [5.41, 5.74) is 3.75. The number of benzene rings is 1. The number of hydrogen-bond acceptors (Lipinski definition) is 6. The van der Waals surface area contributed by atoms with Crippen LogP contribution in [-0.2, 0) is 17.6 Å². The van der Waals surface area contributed by atoms with E-state index in [9.17, 15) is 4.79 Å². The normalized spacial score (nSPS) is 16.9. The van der Waals surface area contributed by atoms with Crippen molar-refractivity contribution < 1.29 is 9.53 Å². The third kappa shape index (κ3) is 4.42. The van der Waals surface area contributed by atoms with Gasteiger partial charge in [0.15, 0.2) is 5.82 Å². The van der Waals surface area contributed by atoms with Gasteiger partial charge < -0.3 is 14.5 Å². The van der Waals surface area contributed by atoms with Gasteiger partial charge in [-0.3, -0.25) is 9.79 Å². The van der Waals surface area contributed by atoms with Crippen LogP contribution in [0.4, 0.5) is 11.5 Å². The molecule has 1 saturated heterocycles. The topological polar surface area (TPSA) is 70.9 Å². The zero-order valence-corrected chi connectivity index (χ0v) is 18.8. The third-order valence-electron chi connectivity index (χ3n) is 5.88. The van der Waals surface area contributed by atoms with Crippen molar-refractivity contribution in [2.75, 3.05) is 36.5 Å². The number of aliphatic imine (C=N–C) groups is 1. The zero-order valence-electron chi connectivity index (χ0n) is 18.8. The van der Waals surface area contributed by atoms with Crippen LogP contribution >= 0.6 is 0 Å². The van der Waals surface area contributed by atoms with Gasteiger partial charge in [-0.2, -0.15) is 0 Å². The number of anilines is 2. The van der Waals surface area contributed by atoms with Crippen molar-refractivity contribution in [1.29, 1.82) is 0 Å². The van der Waals surface area contributed by atoms with E-state index in [0.29, 0.717) is 18.1 Å². The minimum Gasteiger partial charge on any atom is -0.497 e. The van der Waals surface area contributed by atoms with Crippen LogP contribution in [0.5, 0.6) is 5.75 Å². The zero-order chi connectivity index (χ0) is 22.5. The molecule has 1 aliphatic carbocycles. The summed E-state index contributed by atoms with van der Waals surface area (Å²) in [5, 5.41) is 0. The predicted molar refractivity (Wildman–Crippen MR) is 129 cm³/mol. The second kappa shape index (κ2) is 9.77. The van der Waals surface area contributed by atoms with Crippen LogP contribution in [0.1, 0.15) is 36.8 Å². The van der Waals surface area contributed by atoms with E-state index in [1.54, 1.807) is 7.11 Å². The number of allylic oxidation sites excluding steroid dienone is 3. The number of nitrogens with zero attached hydrogens (tertiary/aromatic N) is 5. The Bertz CT molecular complexity index is 1060. The lowest BCUT2D eigenvalue weighted by Crippen LogP contribution is -2.37. The highest BCUT2D eigenvalue weighted by atomic mass is 16.5. The van der Waals surface area contributed by atoms with Gasteiger partial charge in [0, 0.05) is 30.0 Å². The number of aryl methyl sites for hydroxylation is 1. The Kier molecular flexibility index (Phi) is 6.63.